The maximum absolute atomic E-state index is 12.2. The Bertz CT molecular complexity index is 1040. The molecule has 1 aromatic heterocycles. The highest BCUT2D eigenvalue weighted by molar-refractivity contribution is 7.90. The first-order valence-corrected chi connectivity index (χ1v) is 11.4. The molecule has 144 valence electrons. The molecular formula is C20H22ClNO4S. The van der Waals surface area contributed by atoms with Crippen molar-refractivity contribution in [3.8, 4) is 16.9 Å². The molecule has 0 bridgehead atoms. The number of hydrogen-bond donors (Lipinski definition) is 0. The van der Waals surface area contributed by atoms with Gasteiger partial charge in [-0.25, -0.2) is 8.42 Å². The minimum atomic E-state index is -3.15. The molecule has 7 heteroatoms. The summed E-state index contributed by atoms with van der Waals surface area (Å²) in [5, 5.41) is 0.132. The van der Waals surface area contributed by atoms with Crippen molar-refractivity contribution in [1.29, 1.82) is 0 Å². The molecule has 0 saturated heterocycles. The Kier molecular flexibility index (Phi) is 4.59. The van der Waals surface area contributed by atoms with Gasteiger partial charge in [-0.15, -0.1) is 0 Å². The van der Waals surface area contributed by atoms with E-state index in [1.807, 2.05) is 12.1 Å². The minimum Gasteiger partial charge on any atom is -0.489 e. The van der Waals surface area contributed by atoms with E-state index in [1.165, 1.54) is 17.4 Å². The Balaban J connectivity index is 1.84. The van der Waals surface area contributed by atoms with Crippen molar-refractivity contribution >= 4 is 21.4 Å². The highest BCUT2D eigenvalue weighted by Crippen LogP contribution is 2.46. The zero-order chi connectivity index (χ0) is 19.3. The molecule has 0 spiro atoms. The Morgan fingerprint density at radius 1 is 1.26 bits per heavy atom. The van der Waals surface area contributed by atoms with Crippen molar-refractivity contribution in [1.82, 2.24) is 4.57 Å². The van der Waals surface area contributed by atoms with E-state index in [0.29, 0.717) is 5.92 Å². The summed E-state index contributed by atoms with van der Waals surface area (Å²) >= 11 is 6.11. The molecular weight excluding hydrogens is 386 g/mol. The van der Waals surface area contributed by atoms with E-state index in [0.717, 1.165) is 34.4 Å². The molecule has 1 atom stereocenters. The molecule has 1 unspecified atom stereocenters. The first-order valence-electron chi connectivity index (χ1n) is 9.17. The number of halogens is 1. The smallest absolute Gasteiger partial charge is 0.269 e. The number of fused-ring (bicyclic) bond motifs is 1. The van der Waals surface area contributed by atoms with Crippen LogP contribution in [0.25, 0.3) is 11.1 Å². The lowest BCUT2D eigenvalue weighted by atomic mass is 9.98. The van der Waals surface area contributed by atoms with Gasteiger partial charge in [0.15, 0.2) is 9.84 Å². The lowest BCUT2D eigenvalue weighted by molar-refractivity contribution is 0.208. The van der Waals surface area contributed by atoms with Crippen LogP contribution < -0.4 is 10.3 Å². The number of aryl methyl sites for hydroxylation is 1. The predicted octanol–water partition coefficient (Wildman–Crippen LogP) is 3.35. The molecule has 2 aliphatic rings. The van der Waals surface area contributed by atoms with Gasteiger partial charge in [-0.1, -0.05) is 24.6 Å². The normalized spacial score (nSPS) is 19.0. The maximum atomic E-state index is 12.2. The number of aromatic nitrogens is 1. The molecule has 1 saturated carbocycles. The van der Waals surface area contributed by atoms with Crippen LogP contribution in [0.4, 0.5) is 0 Å². The van der Waals surface area contributed by atoms with Gasteiger partial charge in [0.1, 0.15) is 16.9 Å². The van der Waals surface area contributed by atoms with Crippen molar-refractivity contribution in [3.63, 3.8) is 0 Å². The molecule has 2 heterocycles. The average molecular weight is 408 g/mol. The first kappa shape index (κ1) is 18.6. The van der Waals surface area contributed by atoms with Crippen LogP contribution in [0.3, 0.4) is 0 Å². The van der Waals surface area contributed by atoms with Gasteiger partial charge in [0.25, 0.3) is 5.56 Å². The highest BCUT2D eigenvalue weighted by Gasteiger charge is 2.38. The quantitative estimate of drug-likeness (QED) is 0.762. The number of rotatable bonds is 5. The van der Waals surface area contributed by atoms with E-state index in [9.17, 15) is 13.2 Å². The zero-order valence-electron chi connectivity index (χ0n) is 15.4. The van der Waals surface area contributed by atoms with Gasteiger partial charge in [0.2, 0.25) is 0 Å². The molecule has 1 aliphatic heterocycles. The molecule has 27 heavy (non-hydrogen) atoms. The van der Waals surface area contributed by atoms with E-state index in [4.69, 9.17) is 16.3 Å². The molecule has 2 aromatic rings. The maximum Gasteiger partial charge on any atom is 0.269 e. The number of ether oxygens (including phenoxy) is 1. The molecule has 0 radical (unpaired) electrons. The van der Waals surface area contributed by atoms with Gasteiger partial charge < -0.3 is 9.30 Å². The average Bonchev–Trinajstić information content (AvgIpc) is 3.38. The number of pyridine rings is 1. The summed E-state index contributed by atoms with van der Waals surface area (Å²) in [5.74, 6) is 1.47. The van der Waals surface area contributed by atoms with Gasteiger partial charge in [-0.3, -0.25) is 4.79 Å². The van der Waals surface area contributed by atoms with Crippen LogP contribution in [-0.2, 0) is 29.1 Å². The number of sulfone groups is 1. The van der Waals surface area contributed by atoms with Crippen molar-refractivity contribution in [2.24, 2.45) is 13.0 Å². The summed E-state index contributed by atoms with van der Waals surface area (Å²) in [6.45, 7) is 1.66. The topological polar surface area (TPSA) is 65.4 Å². The van der Waals surface area contributed by atoms with Gasteiger partial charge in [-0.05, 0) is 42.0 Å². The second kappa shape index (κ2) is 6.67. The zero-order valence-corrected chi connectivity index (χ0v) is 16.9. The van der Waals surface area contributed by atoms with Crippen LogP contribution in [0.5, 0.6) is 5.75 Å². The van der Waals surface area contributed by atoms with Crippen molar-refractivity contribution in [2.75, 3.05) is 5.75 Å². The van der Waals surface area contributed by atoms with Crippen molar-refractivity contribution in [3.05, 3.63) is 50.9 Å². The molecule has 1 aromatic carbocycles. The van der Waals surface area contributed by atoms with E-state index in [-0.39, 0.29) is 28.2 Å². The Morgan fingerprint density at radius 2 is 2.00 bits per heavy atom. The molecule has 0 N–H and O–H groups in total. The van der Waals surface area contributed by atoms with Crippen LogP contribution in [0, 0.1) is 5.92 Å². The number of nitrogens with zero attached hydrogens (tertiary/aromatic N) is 1. The summed E-state index contributed by atoms with van der Waals surface area (Å²) in [7, 11) is -1.50. The molecule has 1 fully saturated rings. The van der Waals surface area contributed by atoms with E-state index >= 15 is 0 Å². The van der Waals surface area contributed by atoms with Gasteiger partial charge in [0.05, 0.1) is 5.75 Å². The molecule has 1 aliphatic carbocycles. The monoisotopic (exact) mass is 407 g/mol. The summed E-state index contributed by atoms with van der Waals surface area (Å²) in [6.07, 6.45) is 5.02. The third-order valence-corrected chi connectivity index (χ3v) is 7.26. The van der Waals surface area contributed by atoms with Crippen molar-refractivity contribution < 1.29 is 13.2 Å². The van der Waals surface area contributed by atoms with Gasteiger partial charge in [0, 0.05) is 36.5 Å². The van der Waals surface area contributed by atoms with Crippen LogP contribution in [-0.4, -0.2) is 24.8 Å². The van der Waals surface area contributed by atoms with Crippen LogP contribution in [0.2, 0.25) is 5.02 Å². The van der Waals surface area contributed by atoms with Gasteiger partial charge in [-0.2, -0.15) is 0 Å². The molecule has 5 nitrogen and oxygen atoms in total. The summed E-state index contributed by atoms with van der Waals surface area (Å²) in [4.78, 5) is 11.9. The summed E-state index contributed by atoms with van der Waals surface area (Å²) in [6, 6.07) is 5.45. The Hall–Kier alpha value is -1.79. The second-order valence-electron chi connectivity index (χ2n) is 7.50. The van der Waals surface area contributed by atoms with E-state index in [1.54, 1.807) is 26.2 Å². The number of hydrogen-bond acceptors (Lipinski definition) is 4. The first-order chi connectivity index (χ1) is 12.8. The predicted molar refractivity (Wildman–Crippen MR) is 106 cm³/mol. The lowest BCUT2D eigenvalue weighted by Gasteiger charge is -2.14. The fraction of sp³-hybridized carbons (Fsp3) is 0.450. The highest BCUT2D eigenvalue weighted by atomic mass is 35.5. The van der Waals surface area contributed by atoms with Crippen molar-refractivity contribution in [2.45, 2.75) is 38.0 Å². The Morgan fingerprint density at radius 3 is 2.63 bits per heavy atom. The van der Waals surface area contributed by atoms with E-state index in [2.05, 4.69) is 0 Å². The molecule has 4 rings (SSSR count). The molecule has 0 amide bonds. The fourth-order valence-electron chi connectivity index (χ4n) is 3.66. The lowest BCUT2D eigenvalue weighted by Crippen LogP contribution is -2.16. The second-order valence-corrected chi connectivity index (χ2v) is 10.3. The van der Waals surface area contributed by atoms with Crippen LogP contribution >= 0.6 is 11.6 Å². The Labute approximate surface area is 163 Å². The third-order valence-electron chi connectivity index (χ3n) is 5.34. The SMILES string of the molecule is CCS(=O)(=O)Cc1cc2c(c(-c3cc(Cl)c(=O)n(C)c3)c1)OC(C1CC1)C2. The van der Waals surface area contributed by atoms with Crippen LogP contribution in [0.1, 0.15) is 30.9 Å². The van der Waals surface area contributed by atoms with Gasteiger partial charge >= 0.3 is 0 Å². The number of benzene rings is 1. The standard InChI is InChI=1S/C20H22ClNO4S/c1-3-27(24,25)11-12-6-14-9-18(13-4-5-13)26-19(14)16(7-12)15-8-17(21)20(23)22(2)10-15/h6-8,10,13,18H,3-5,9,11H2,1-2H3. The van der Waals surface area contributed by atoms with Crippen LogP contribution in [0.15, 0.2) is 29.2 Å². The van der Waals surface area contributed by atoms with E-state index < -0.39 is 9.84 Å². The largest absolute Gasteiger partial charge is 0.489 e. The summed E-state index contributed by atoms with van der Waals surface area (Å²) < 4.78 is 32.0. The summed E-state index contributed by atoms with van der Waals surface area (Å²) in [5.41, 5.74) is 3.07. The third kappa shape index (κ3) is 3.65. The minimum absolute atomic E-state index is 0.00261. The fourth-order valence-corrected chi connectivity index (χ4v) is 4.79.